The second-order valence-corrected chi connectivity index (χ2v) is 25.2. The van der Waals surface area contributed by atoms with Gasteiger partial charge in [-0.15, -0.1) is 0 Å². The molecule has 4 aliphatic heterocycles. The van der Waals surface area contributed by atoms with Gasteiger partial charge in [0, 0.05) is 5.41 Å². The molecule has 0 aromatic carbocycles. The van der Waals surface area contributed by atoms with E-state index in [1.165, 1.54) is 12.5 Å². The normalized spacial score (nSPS) is 55.0. The van der Waals surface area contributed by atoms with Gasteiger partial charge in [-0.3, -0.25) is 4.79 Å². The van der Waals surface area contributed by atoms with Crippen molar-refractivity contribution in [3.63, 3.8) is 0 Å². The average Bonchev–Trinajstić information content (AvgIpc) is 3.35. The SMILES string of the molecule is C[C@@H]1O[C@@H](O[C@H]2[C@H](O[C@H]3CC[C@@]4(C)[C@@H](CC[C@]5(C)[C@@H]4CC=C4[C@@H]6CC(C)(C)CC[C@]6(C(=O)O[C@@H]6O[C@H](CO)[C@@H](O)[C@H](O)[C@H]6O)CC[C@]45C)[C@]3(C)CO)OC[C@H](O)[C@@H]2O)[C@H](O)[C@H](O[C@@H]2OC[C@@H](O)[C@@H](O)[C@H]2O)[C@H]1O. The van der Waals surface area contributed by atoms with Crippen molar-refractivity contribution in [3.05, 3.63) is 11.6 Å². The first-order chi connectivity index (χ1) is 34.2. The number of hydrogen-bond donors (Lipinski definition) is 12. The van der Waals surface area contributed by atoms with Gasteiger partial charge in [0.15, 0.2) is 18.9 Å². The van der Waals surface area contributed by atoms with Crippen LogP contribution >= 0.6 is 0 Å². The number of fused-ring (bicyclic) bond motifs is 7. The van der Waals surface area contributed by atoms with Gasteiger partial charge in [-0.1, -0.05) is 53.2 Å². The monoisotopic (exact) mass is 1040 g/mol. The van der Waals surface area contributed by atoms with Crippen LogP contribution in [0, 0.1) is 50.2 Å². The van der Waals surface area contributed by atoms with E-state index in [0.29, 0.717) is 32.1 Å². The van der Waals surface area contributed by atoms with E-state index < -0.39 is 140 Å². The van der Waals surface area contributed by atoms with Crippen LogP contribution in [0.4, 0.5) is 0 Å². The third-order valence-corrected chi connectivity index (χ3v) is 20.7. The molecule has 0 amide bonds. The molecule has 27 atom stereocenters. The summed E-state index contributed by atoms with van der Waals surface area (Å²) < 4.78 is 47.8. The highest BCUT2D eigenvalue weighted by Gasteiger charge is 2.71. The third-order valence-electron chi connectivity index (χ3n) is 20.7. The lowest BCUT2D eigenvalue weighted by Crippen LogP contribution is -2.67. The van der Waals surface area contributed by atoms with Crippen molar-refractivity contribution in [3.8, 4) is 0 Å². The zero-order valence-electron chi connectivity index (χ0n) is 43.2. The van der Waals surface area contributed by atoms with Crippen molar-refractivity contribution >= 4 is 5.97 Å². The summed E-state index contributed by atoms with van der Waals surface area (Å²) in [7, 11) is 0. The molecule has 0 spiro atoms. The molecule has 73 heavy (non-hydrogen) atoms. The van der Waals surface area contributed by atoms with Gasteiger partial charge in [-0.2, -0.15) is 0 Å². The molecule has 418 valence electrons. The lowest BCUT2D eigenvalue weighted by Gasteiger charge is -2.71. The molecule has 4 heterocycles. The Kier molecular flexibility index (Phi) is 15.6. The molecule has 9 rings (SSSR count). The van der Waals surface area contributed by atoms with Gasteiger partial charge < -0.3 is 99.2 Å². The van der Waals surface area contributed by atoms with E-state index in [4.69, 9.17) is 37.9 Å². The van der Waals surface area contributed by atoms with Gasteiger partial charge in [0.05, 0.1) is 44.1 Å². The van der Waals surface area contributed by atoms with E-state index in [1.807, 2.05) is 6.92 Å². The first kappa shape index (κ1) is 56.2. The summed E-state index contributed by atoms with van der Waals surface area (Å²) in [6, 6.07) is 0. The summed E-state index contributed by atoms with van der Waals surface area (Å²) in [5, 5.41) is 129. The van der Waals surface area contributed by atoms with Crippen LogP contribution < -0.4 is 0 Å². The van der Waals surface area contributed by atoms with Gasteiger partial charge in [0.25, 0.3) is 0 Å². The second-order valence-electron chi connectivity index (χ2n) is 25.2. The number of aliphatic hydroxyl groups excluding tert-OH is 12. The highest BCUT2D eigenvalue weighted by atomic mass is 16.8. The van der Waals surface area contributed by atoms with E-state index in [0.717, 1.165) is 32.1 Å². The molecule has 21 heteroatoms. The molecular weight excluding hydrogens is 961 g/mol. The van der Waals surface area contributed by atoms with Crippen LogP contribution in [-0.2, 0) is 42.7 Å². The Morgan fingerprint density at radius 3 is 1.96 bits per heavy atom. The highest BCUT2D eigenvalue weighted by Crippen LogP contribution is 2.76. The van der Waals surface area contributed by atoms with E-state index in [9.17, 15) is 66.1 Å². The van der Waals surface area contributed by atoms with Crippen LogP contribution in [-0.4, -0.2) is 210 Å². The van der Waals surface area contributed by atoms with Crippen molar-refractivity contribution < 1.29 is 104 Å². The number of ether oxygens (including phenoxy) is 8. The minimum Gasteiger partial charge on any atom is -0.432 e. The molecule has 4 saturated heterocycles. The maximum Gasteiger partial charge on any atom is 0.315 e. The molecule has 0 aromatic heterocycles. The van der Waals surface area contributed by atoms with Crippen molar-refractivity contribution in [2.24, 2.45) is 50.2 Å². The molecule has 0 unspecified atom stereocenters. The Morgan fingerprint density at radius 1 is 0.630 bits per heavy atom. The summed E-state index contributed by atoms with van der Waals surface area (Å²) in [6.45, 7) is 13.5. The molecule has 0 aromatic rings. The van der Waals surface area contributed by atoms with Gasteiger partial charge >= 0.3 is 5.97 Å². The van der Waals surface area contributed by atoms with Crippen LogP contribution in [0.5, 0.6) is 0 Å². The quantitative estimate of drug-likeness (QED) is 0.0727. The molecule has 4 saturated carbocycles. The van der Waals surface area contributed by atoms with Gasteiger partial charge in [0.1, 0.15) is 79.4 Å². The summed E-state index contributed by atoms with van der Waals surface area (Å²) in [4.78, 5) is 14.7. The molecule has 5 aliphatic carbocycles. The summed E-state index contributed by atoms with van der Waals surface area (Å²) in [5.74, 6) is -0.587. The van der Waals surface area contributed by atoms with Gasteiger partial charge in [-0.25, -0.2) is 0 Å². The Bertz CT molecular complexity index is 2010. The Hall–Kier alpha value is -1.55. The molecular formula is C52H84O21. The lowest BCUT2D eigenvalue weighted by atomic mass is 9.33. The minimum absolute atomic E-state index is 0.0515. The number of aliphatic hydroxyl groups is 12. The van der Waals surface area contributed by atoms with Crippen LogP contribution in [0.3, 0.4) is 0 Å². The average molecular weight is 1050 g/mol. The van der Waals surface area contributed by atoms with E-state index in [-0.39, 0.29) is 59.2 Å². The number of carbonyl (C=O) groups excluding carboxylic acids is 1. The highest BCUT2D eigenvalue weighted by molar-refractivity contribution is 5.79. The topological polar surface area (TPSA) is 334 Å². The largest absolute Gasteiger partial charge is 0.432 e. The van der Waals surface area contributed by atoms with E-state index in [1.54, 1.807) is 0 Å². The molecule has 0 bridgehead atoms. The first-order valence-corrected chi connectivity index (χ1v) is 26.7. The van der Waals surface area contributed by atoms with Crippen molar-refractivity contribution in [2.45, 2.75) is 229 Å². The molecule has 8 fully saturated rings. The standard InChI is InChI=1S/C52H84O21/c1-23-32(57)40(71-42-37(62)33(58)26(55)20-66-42)39(64)44(68-23)72-41-34(59)27(56)21-67-45(41)70-31-11-12-48(4)29(49(31,5)22-54)10-13-51(7)30(48)9-8-24-25-18-47(2,3)14-16-52(25,17-15-50(24,51)6)46(65)73-43-38(63)36(61)35(60)28(19-53)69-43/h8,23,25-45,53-64H,9-22H2,1-7H3/t23-,25-,26+,27-,28+,29+,30+,31-,32-,33+,34-,35+,36-,37+,38+,39+,40+,41+,42-,43-,44-,45-,48-,49-,50+,51+,52-/m0/s1. The predicted molar refractivity (Wildman–Crippen MR) is 251 cm³/mol. The number of hydrogen-bond acceptors (Lipinski definition) is 21. The number of rotatable bonds is 10. The maximum atomic E-state index is 14.7. The Morgan fingerprint density at radius 2 is 1.27 bits per heavy atom. The molecule has 12 N–H and O–H groups in total. The van der Waals surface area contributed by atoms with Crippen LogP contribution in [0.2, 0.25) is 0 Å². The summed E-state index contributed by atoms with van der Waals surface area (Å²) in [6.07, 6.45) is -18.7. The third kappa shape index (κ3) is 9.10. The van der Waals surface area contributed by atoms with Gasteiger partial charge in [-0.05, 0) is 111 Å². The summed E-state index contributed by atoms with van der Waals surface area (Å²) >= 11 is 0. The van der Waals surface area contributed by atoms with Crippen LogP contribution in [0.1, 0.15) is 113 Å². The van der Waals surface area contributed by atoms with E-state index >= 15 is 0 Å². The van der Waals surface area contributed by atoms with Crippen molar-refractivity contribution in [1.82, 2.24) is 0 Å². The first-order valence-electron chi connectivity index (χ1n) is 26.7. The fraction of sp³-hybridized carbons (Fsp3) is 0.942. The zero-order chi connectivity index (χ0) is 53.1. The fourth-order valence-electron chi connectivity index (χ4n) is 15.9. The molecule has 21 nitrogen and oxygen atoms in total. The second kappa shape index (κ2) is 20.3. The number of esters is 1. The van der Waals surface area contributed by atoms with Crippen LogP contribution in [0.25, 0.3) is 0 Å². The van der Waals surface area contributed by atoms with Crippen molar-refractivity contribution in [1.29, 1.82) is 0 Å². The van der Waals surface area contributed by atoms with Crippen LogP contribution in [0.15, 0.2) is 11.6 Å². The van der Waals surface area contributed by atoms with E-state index in [2.05, 4.69) is 40.7 Å². The summed E-state index contributed by atoms with van der Waals surface area (Å²) in [5.41, 5.74) is -1.48. The number of allylic oxidation sites excluding steroid dienone is 2. The number of carbonyl (C=O) groups is 1. The smallest absolute Gasteiger partial charge is 0.315 e. The fourth-order valence-corrected chi connectivity index (χ4v) is 15.9. The maximum absolute atomic E-state index is 14.7. The lowest BCUT2D eigenvalue weighted by molar-refractivity contribution is -0.379. The minimum atomic E-state index is -1.77. The Labute approximate surface area is 426 Å². The predicted octanol–water partition coefficient (Wildman–Crippen LogP) is -0.757. The molecule has 0 radical (unpaired) electrons. The van der Waals surface area contributed by atoms with Gasteiger partial charge in [0.2, 0.25) is 6.29 Å². The Balaban J connectivity index is 0.939. The molecule has 9 aliphatic rings. The van der Waals surface area contributed by atoms with Crippen molar-refractivity contribution in [2.75, 3.05) is 26.4 Å². The zero-order valence-corrected chi connectivity index (χ0v) is 43.2.